The molecule has 1 amide bonds. The number of hydrogen-bond donors (Lipinski definition) is 2. The van der Waals surface area contributed by atoms with Gasteiger partial charge in [-0.3, -0.25) is 4.79 Å². The molecule has 0 saturated carbocycles. The Morgan fingerprint density at radius 2 is 2.10 bits per heavy atom. The van der Waals surface area contributed by atoms with Gasteiger partial charge in [-0.1, -0.05) is 0 Å². The van der Waals surface area contributed by atoms with Gasteiger partial charge in [0.1, 0.15) is 11.4 Å². The van der Waals surface area contributed by atoms with E-state index in [4.69, 9.17) is 14.3 Å². The number of rotatable bonds is 5. The van der Waals surface area contributed by atoms with Crippen molar-refractivity contribution in [2.75, 3.05) is 0 Å². The molecular weight excluding hydrogens is 262 g/mol. The van der Waals surface area contributed by atoms with Crippen LogP contribution in [0.15, 0.2) is 22.8 Å². The predicted octanol–water partition coefficient (Wildman–Crippen LogP) is 2.75. The van der Waals surface area contributed by atoms with Crippen molar-refractivity contribution in [2.24, 2.45) is 0 Å². The SMILES string of the molecule is C[C@@H](NC(=O)OC(C)(C)C)[C@H](CC(=O)O)c1ccco1. The highest BCUT2D eigenvalue weighted by Gasteiger charge is 2.27. The van der Waals surface area contributed by atoms with E-state index in [0.717, 1.165) is 0 Å². The second kappa shape index (κ2) is 6.45. The fourth-order valence-electron chi connectivity index (χ4n) is 1.81. The third-order valence-electron chi connectivity index (χ3n) is 2.65. The summed E-state index contributed by atoms with van der Waals surface area (Å²) in [7, 11) is 0. The van der Waals surface area contributed by atoms with E-state index < -0.39 is 29.6 Å². The van der Waals surface area contributed by atoms with Crippen LogP contribution in [0.5, 0.6) is 0 Å². The zero-order valence-corrected chi connectivity index (χ0v) is 12.2. The maximum absolute atomic E-state index is 11.7. The Morgan fingerprint density at radius 3 is 2.55 bits per heavy atom. The van der Waals surface area contributed by atoms with Gasteiger partial charge in [-0.15, -0.1) is 0 Å². The first kappa shape index (κ1) is 16.1. The normalized spacial score (nSPS) is 14.4. The molecule has 0 unspecified atom stereocenters. The predicted molar refractivity (Wildman–Crippen MR) is 72.5 cm³/mol. The zero-order valence-electron chi connectivity index (χ0n) is 12.2. The van der Waals surface area contributed by atoms with Crippen LogP contribution < -0.4 is 5.32 Å². The van der Waals surface area contributed by atoms with Crippen LogP contribution >= 0.6 is 0 Å². The van der Waals surface area contributed by atoms with Crippen molar-refractivity contribution in [3.63, 3.8) is 0 Å². The molecule has 2 N–H and O–H groups in total. The fraction of sp³-hybridized carbons (Fsp3) is 0.571. The van der Waals surface area contributed by atoms with Crippen molar-refractivity contribution in [3.05, 3.63) is 24.2 Å². The Balaban J connectivity index is 2.71. The maximum atomic E-state index is 11.7. The van der Waals surface area contributed by atoms with Crippen molar-refractivity contribution >= 4 is 12.1 Å². The molecule has 6 nitrogen and oxygen atoms in total. The molecule has 0 fully saturated rings. The van der Waals surface area contributed by atoms with E-state index in [0.29, 0.717) is 5.76 Å². The number of aliphatic carboxylic acids is 1. The third kappa shape index (κ3) is 5.34. The van der Waals surface area contributed by atoms with Gasteiger partial charge in [0.05, 0.1) is 12.7 Å². The van der Waals surface area contributed by atoms with Gasteiger partial charge in [0.15, 0.2) is 0 Å². The van der Waals surface area contributed by atoms with Gasteiger partial charge in [-0.05, 0) is 39.8 Å². The second-order valence-electron chi connectivity index (χ2n) is 5.65. The van der Waals surface area contributed by atoms with Gasteiger partial charge in [0.25, 0.3) is 0 Å². The lowest BCUT2D eigenvalue weighted by molar-refractivity contribution is -0.137. The maximum Gasteiger partial charge on any atom is 0.407 e. The molecule has 112 valence electrons. The number of alkyl carbamates (subject to hydrolysis) is 1. The van der Waals surface area contributed by atoms with Crippen LogP contribution in [0.3, 0.4) is 0 Å². The Morgan fingerprint density at radius 1 is 1.45 bits per heavy atom. The van der Waals surface area contributed by atoms with E-state index in [1.165, 1.54) is 6.26 Å². The Bertz CT molecular complexity index is 447. The number of carboxylic acid groups (broad SMARTS) is 1. The quantitative estimate of drug-likeness (QED) is 0.867. The van der Waals surface area contributed by atoms with Gasteiger partial charge in [0.2, 0.25) is 0 Å². The van der Waals surface area contributed by atoms with E-state index >= 15 is 0 Å². The molecule has 0 bridgehead atoms. The first-order valence-corrected chi connectivity index (χ1v) is 6.44. The largest absolute Gasteiger partial charge is 0.481 e. The monoisotopic (exact) mass is 283 g/mol. The molecule has 0 spiro atoms. The van der Waals surface area contributed by atoms with Crippen LogP contribution in [0.25, 0.3) is 0 Å². The minimum absolute atomic E-state index is 0.134. The first-order chi connectivity index (χ1) is 9.19. The lowest BCUT2D eigenvalue weighted by Crippen LogP contribution is -2.41. The third-order valence-corrected chi connectivity index (χ3v) is 2.65. The topological polar surface area (TPSA) is 88.8 Å². The summed E-state index contributed by atoms with van der Waals surface area (Å²) >= 11 is 0. The van der Waals surface area contributed by atoms with Crippen LogP contribution in [0.4, 0.5) is 4.79 Å². The highest BCUT2D eigenvalue weighted by atomic mass is 16.6. The van der Waals surface area contributed by atoms with Crippen molar-refractivity contribution < 1.29 is 23.8 Å². The highest BCUT2D eigenvalue weighted by molar-refractivity contribution is 5.70. The molecule has 2 atom stereocenters. The van der Waals surface area contributed by atoms with E-state index in [-0.39, 0.29) is 6.42 Å². The fourth-order valence-corrected chi connectivity index (χ4v) is 1.81. The van der Waals surface area contributed by atoms with Crippen LogP contribution in [0, 0.1) is 0 Å². The number of furan rings is 1. The number of carboxylic acids is 1. The average Bonchev–Trinajstić information content (AvgIpc) is 2.75. The molecule has 0 saturated heterocycles. The molecule has 1 aromatic rings. The summed E-state index contributed by atoms with van der Waals surface area (Å²) < 4.78 is 10.4. The summed E-state index contributed by atoms with van der Waals surface area (Å²) in [6.07, 6.45) is 0.765. The summed E-state index contributed by atoms with van der Waals surface area (Å²) in [5.74, 6) is -0.879. The van der Waals surface area contributed by atoms with Gasteiger partial charge < -0.3 is 19.6 Å². The minimum atomic E-state index is -0.954. The summed E-state index contributed by atoms with van der Waals surface area (Å²) in [6, 6.07) is 2.96. The number of nitrogens with one attached hydrogen (secondary N) is 1. The smallest absolute Gasteiger partial charge is 0.407 e. The molecule has 1 heterocycles. The lowest BCUT2D eigenvalue weighted by Gasteiger charge is -2.25. The Hall–Kier alpha value is -1.98. The van der Waals surface area contributed by atoms with Gasteiger partial charge >= 0.3 is 12.1 Å². The van der Waals surface area contributed by atoms with Crippen LogP contribution in [-0.4, -0.2) is 28.8 Å². The molecular formula is C14H21NO5. The number of amides is 1. The van der Waals surface area contributed by atoms with E-state index in [1.54, 1.807) is 39.8 Å². The van der Waals surface area contributed by atoms with Crippen molar-refractivity contribution in [1.29, 1.82) is 0 Å². The van der Waals surface area contributed by atoms with Crippen molar-refractivity contribution in [2.45, 2.75) is 51.7 Å². The summed E-state index contributed by atoms with van der Waals surface area (Å²) in [6.45, 7) is 7.01. The van der Waals surface area contributed by atoms with Crippen molar-refractivity contribution in [3.8, 4) is 0 Å². The molecule has 0 aliphatic carbocycles. The molecule has 0 aliphatic rings. The van der Waals surface area contributed by atoms with Crippen molar-refractivity contribution in [1.82, 2.24) is 5.32 Å². The summed E-state index contributed by atoms with van der Waals surface area (Å²) in [4.78, 5) is 22.7. The number of ether oxygens (including phenoxy) is 1. The molecule has 1 rings (SSSR count). The molecule has 20 heavy (non-hydrogen) atoms. The molecule has 1 aromatic heterocycles. The lowest BCUT2D eigenvalue weighted by atomic mass is 9.95. The molecule has 0 aromatic carbocycles. The van der Waals surface area contributed by atoms with Crippen LogP contribution in [0.2, 0.25) is 0 Å². The summed E-state index contributed by atoms with van der Waals surface area (Å²) in [5.41, 5.74) is -0.600. The number of carbonyl (C=O) groups is 2. The number of hydrogen-bond acceptors (Lipinski definition) is 4. The minimum Gasteiger partial charge on any atom is -0.481 e. The highest BCUT2D eigenvalue weighted by Crippen LogP contribution is 2.24. The molecule has 6 heteroatoms. The van der Waals surface area contributed by atoms with E-state index in [2.05, 4.69) is 5.32 Å². The van der Waals surface area contributed by atoms with Crippen LogP contribution in [0.1, 0.15) is 45.8 Å². The molecule has 0 radical (unpaired) electrons. The van der Waals surface area contributed by atoms with E-state index in [9.17, 15) is 9.59 Å². The average molecular weight is 283 g/mol. The number of carbonyl (C=O) groups excluding carboxylic acids is 1. The standard InChI is InChI=1S/C14H21NO5/c1-9(15-13(18)20-14(2,3)4)10(8-12(16)17)11-6-5-7-19-11/h5-7,9-10H,8H2,1-4H3,(H,15,18)(H,16,17)/t9-,10+/m1/s1. The van der Waals surface area contributed by atoms with Crippen LogP contribution in [-0.2, 0) is 9.53 Å². The molecule has 0 aliphatic heterocycles. The van der Waals surface area contributed by atoms with Gasteiger partial charge in [-0.25, -0.2) is 4.79 Å². The Labute approximate surface area is 118 Å². The van der Waals surface area contributed by atoms with Gasteiger partial charge in [0, 0.05) is 12.0 Å². The zero-order chi connectivity index (χ0) is 15.3. The van der Waals surface area contributed by atoms with Gasteiger partial charge in [-0.2, -0.15) is 0 Å². The second-order valence-corrected chi connectivity index (χ2v) is 5.65. The first-order valence-electron chi connectivity index (χ1n) is 6.44. The Kier molecular flexibility index (Phi) is 5.19. The van der Waals surface area contributed by atoms with E-state index in [1.807, 2.05) is 0 Å². The summed E-state index contributed by atoms with van der Waals surface area (Å²) in [5, 5.41) is 11.6.